The van der Waals surface area contributed by atoms with Crippen molar-refractivity contribution in [3.8, 4) is 0 Å². The van der Waals surface area contributed by atoms with Gasteiger partial charge in [-0.05, 0) is 27.6 Å². The largest absolute Gasteiger partial charge is 0.475 e. The van der Waals surface area contributed by atoms with E-state index in [0.717, 1.165) is 0 Å². The molecule has 0 aliphatic rings. The summed E-state index contributed by atoms with van der Waals surface area (Å²) < 4.78 is 0.282. The molecule has 1 N–H and O–H groups in total. The van der Waals surface area contributed by atoms with E-state index in [4.69, 9.17) is 5.11 Å². The van der Waals surface area contributed by atoms with Gasteiger partial charge in [0.1, 0.15) is 0 Å². The minimum atomic E-state index is -1.55. The summed E-state index contributed by atoms with van der Waals surface area (Å²) in [5.74, 6) is -2.55. The summed E-state index contributed by atoms with van der Waals surface area (Å²) in [6.07, 6.45) is -0.358. The molecule has 7 heteroatoms. The van der Waals surface area contributed by atoms with Gasteiger partial charge in [0, 0.05) is 12.5 Å². The number of carboxylic acid groups (broad SMARTS) is 1. The van der Waals surface area contributed by atoms with Crippen LogP contribution in [0.1, 0.15) is 5.56 Å². The minimum absolute atomic E-state index is 0.198. The second-order valence-electron chi connectivity index (χ2n) is 2.95. The molecule has 6 nitrogen and oxygen atoms in total. The van der Waals surface area contributed by atoms with Crippen molar-refractivity contribution >= 4 is 33.4 Å². The molecule has 0 saturated heterocycles. The Bertz CT molecular complexity index is 471. The number of carboxylic acids is 1. The fourth-order valence-electron chi connectivity index (χ4n) is 1.07. The lowest BCUT2D eigenvalue weighted by Gasteiger charge is -1.99. The Hall–Kier alpha value is -1.76. The Morgan fingerprint density at radius 1 is 1.44 bits per heavy atom. The van der Waals surface area contributed by atoms with Gasteiger partial charge in [-0.15, -0.1) is 0 Å². The molecule has 84 valence electrons. The number of aliphatic carboxylic acids is 1. The molecular formula is C9H6BrNO5. The number of hydrogen-bond donors (Lipinski definition) is 1. The molecule has 0 bridgehead atoms. The van der Waals surface area contributed by atoms with Gasteiger partial charge >= 0.3 is 5.97 Å². The lowest BCUT2D eigenvalue weighted by Crippen LogP contribution is -2.15. The number of carbonyl (C=O) groups excluding carboxylic acids is 1. The highest BCUT2D eigenvalue weighted by Gasteiger charge is 2.16. The van der Waals surface area contributed by atoms with Crippen molar-refractivity contribution in [1.82, 2.24) is 0 Å². The van der Waals surface area contributed by atoms with Gasteiger partial charge in [-0.1, -0.05) is 6.07 Å². The van der Waals surface area contributed by atoms with Crippen molar-refractivity contribution in [3.05, 3.63) is 38.3 Å². The Balaban J connectivity index is 3.00. The van der Waals surface area contributed by atoms with Crippen LogP contribution in [-0.2, 0) is 16.0 Å². The molecule has 0 aliphatic carbocycles. The zero-order valence-electron chi connectivity index (χ0n) is 7.84. The fourth-order valence-corrected chi connectivity index (χ4v) is 1.46. The fraction of sp³-hybridized carbons (Fsp3) is 0.111. The number of benzene rings is 1. The van der Waals surface area contributed by atoms with Crippen molar-refractivity contribution in [2.45, 2.75) is 6.42 Å². The average molecular weight is 288 g/mol. The maximum atomic E-state index is 10.9. The maximum absolute atomic E-state index is 10.9. The number of carbonyl (C=O) groups is 2. The Kier molecular flexibility index (Phi) is 3.73. The highest BCUT2D eigenvalue weighted by molar-refractivity contribution is 9.10. The van der Waals surface area contributed by atoms with Gasteiger partial charge in [0.05, 0.1) is 9.40 Å². The van der Waals surface area contributed by atoms with E-state index in [1.54, 1.807) is 0 Å². The van der Waals surface area contributed by atoms with E-state index in [2.05, 4.69) is 15.9 Å². The van der Waals surface area contributed by atoms with E-state index in [1.807, 2.05) is 0 Å². The number of rotatable bonds is 4. The van der Waals surface area contributed by atoms with Crippen LogP contribution in [-0.4, -0.2) is 21.8 Å². The standard InChI is InChI=1S/C9H6BrNO5/c10-6-2-1-5(3-7(6)11(15)16)4-8(12)9(13)14/h1-3H,4H2,(H,13,14). The van der Waals surface area contributed by atoms with Crippen LogP contribution in [0.2, 0.25) is 0 Å². The SMILES string of the molecule is O=C(O)C(=O)Cc1ccc(Br)c([N+](=O)[O-])c1. The molecule has 0 aliphatic heterocycles. The summed E-state index contributed by atoms with van der Waals surface area (Å²) in [6.45, 7) is 0. The van der Waals surface area contributed by atoms with Crippen molar-refractivity contribution in [2.75, 3.05) is 0 Å². The highest BCUT2D eigenvalue weighted by Crippen LogP contribution is 2.25. The van der Waals surface area contributed by atoms with Crippen LogP contribution in [0.3, 0.4) is 0 Å². The summed E-state index contributed by atoms with van der Waals surface area (Å²) in [7, 11) is 0. The smallest absolute Gasteiger partial charge is 0.372 e. The summed E-state index contributed by atoms with van der Waals surface area (Å²) in [6, 6.07) is 4.03. The van der Waals surface area contributed by atoms with Crippen molar-refractivity contribution in [1.29, 1.82) is 0 Å². The quantitative estimate of drug-likeness (QED) is 0.515. The first-order chi connectivity index (χ1) is 7.41. The van der Waals surface area contributed by atoms with Crippen molar-refractivity contribution in [3.63, 3.8) is 0 Å². The third kappa shape index (κ3) is 2.86. The zero-order chi connectivity index (χ0) is 12.3. The number of nitro groups is 1. The van der Waals surface area contributed by atoms with Crippen LogP contribution in [0.25, 0.3) is 0 Å². The lowest BCUT2D eigenvalue weighted by molar-refractivity contribution is -0.385. The van der Waals surface area contributed by atoms with Gasteiger partial charge in [0.15, 0.2) is 0 Å². The molecule has 1 aromatic carbocycles. The van der Waals surface area contributed by atoms with E-state index in [0.29, 0.717) is 5.56 Å². The first kappa shape index (κ1) is 12.3. The molecule has 0 heterocycles. The van der Waals surface area contributed by atoms with Crippen molar-refractivity contribution in [2.24, 2.45) is 0 Å². The summed E-state index contributed by atoms with van der Waals surface area (Å²) in [5, 5.41) is 19.0. The number of nitrogens with zero attached hydrogens (tertiary/aromatic N) is 1. The molecule has 0 radical (unpaired) electrons. The molecule has 16 heavy (non-hydrogen) atoms. The summed E-state index contributed by atoms with van der Waals surface area (Å²) in [4.78, 5) is 31.1. The number of halogens is 1. The Morgan fingerprint density at radius 2 is 2.06 bits per heavy atom. The zero-order valence-corrected chi connectivity index (χ0v) is 9.43. The summed E-state index contributed by atoms with van der Waals surface area (Å²) >= 11 is 2.98. The average Bonchev–Trinajstić information content (AvgIpc) is 2.20. The van der Waals surface area contributed by atoms with Gasteiger partial charge < -0.3 is 5.11 Å². The molecule has 1 rings (SSSR count). The van der Waals surface area contributed by atoms with E-state index in [9.17, 15) is 19.7 Å². The van der Waals surface area contributed by atoms with Crippen LogP contribution in [0.5, 0.6) is 0 Å². The normalized spacial score (nSPS) is 9.81. The number of Topliss-reactive ketones (excluding diaryl/α,β-unsaturated/α-hetero) is 1. The van der Waals surface area contributed by atoms with Gasteiger partial charge in [-0.3, -0.25) is 14.9 Å². The van der Waals surface area contributed by atoms with E-state index in [-0.39, 0.29) is 16.6 Å². The third-order valence-electron chi connectivity index (χ3n) is 1.81. The van der Waals surface area contributed by atoms with Crippen LogP contribution in [0, 0.1) is 10.1 Å². The highest BCUT2D eigenvalue weighted by atomic mass is 79.9. The number of nitro benzene ring substituents is 1. The molecule has 0 amide bonds. The van der Waals surface area contributed by atoms with Crippen LogP contribution < -0.4 is 0 Å². The molecule has 0 fully saturated rings. The first-order valence-electron chi connectivity index (χ1n) is 4.10. The lowest BCUT2D eigenvalue weighted by atomic mass is 10.1. The summed E-state index contributed by atoms with van der Waals surface area (Å²) in [5.41, 5.74) is 0.0954. The predicted octanol–water partition coefficient (Wildman–Crippen LogP) is 1.55. The van der Waals surface area contributed by atoms with Crippen LogP contribution in [0.15, 0.2) is 22.7 Å². The topological polar surface area (TPSA) is 97.5 Å². The van der Waals surface area contributed by atoms with E-state index < -0.39 is 16.7 Å². The predicted molar refractivity (Wildman–Crippen MR) is 57.1 cm³/mol. The first-order valence-corrected chi connectivity index (χ1v) is 4.90. The molecule has 0 unspecified atom stereocenters. The molecule has 0 saturated carbocycles. The monoisotopic (exact) mass is 287 g/mol. The van der Waals surface area contributed by atoms with Gasteiger partial charge in [-0.25, -0.2) is 4.79 Å². The Labute approximate surface area is 98.2 Å². The maximum Gasteiger partial charge on any atom is 0.372 e. The molecule has 0 spiro atoms. The van der Waals surface area contributed by atoms with Crippen LogP contribution >= 0.6 is 15.9 Å². The second-order valence-corrected chi connectivity index (χ2v) is 3.80. The van der Waals surface area contributed by atoms with Crippen LogP contribution in [0.4, 0.5) is 5.69 Å². The van der Waals surface area contributed by atoms with Gasteiger partial charge in [0.2, 0.25) is 5.78 Å². The van der Waals surface area contributed by atoms with E-state index >= 15 is 0 Å². The van der Waals surface area contributed by atoms with E-state index in [1.165, 1.54) is 18.2 Å². The molecular weight excluding hydrogens is 282 g/mol. The number of ketones is 1. The van der Waals surface area contributed by atoms with Crippen molar-refractivity contribution < 1.29 is 19.6 Å². The van der Waals surface area contributed by atoms with Gasteiger partial charge in [0.25, 0.3) is 5.69 Å². The van der Waals surface area contributed by atoms with Gasteiger partial charge in [-0.2, -0.15) is 0 Å². The Morgan fingerprint density at radius 3 is 2.56 bits per heavy atom. The minimum Gasteiger partial charge on any atom is -0.475 e. The number of hydrogen-bond acceptors (Lipinski definition) is 4. The second kappa shape index (κ2) is 4.84. The molecule has 1 aromatic rings. The molecule has 0 atom stereocenters. The third-order valence-corrected chi connectivity index (χ3v) is 2.48. The molecule has 0 aromatic heterocycles.